The summed E-state index contributed by atoms with van der Waals surface area (Å²) in [4.78, 5) is 0. The zero-order valence-corrected chi connectivity index (χ0v) is 22.8. The molecule has 0 aromatic heterocycles. The van der Waals surface area contributed by atoms with Gasteiger partial charge < -0.3 is 98.6 Å². The second kappa shape index (κ2) is 14.1. The Bertz CT molecular complexity index is 868. The van der Waals surface area contributed by atoms with Gasteiger partial charge >= 0.3 is 0 Å². The highest BCUT2D eigenvalue weighted by Crippen LogP contribution is 2.34. The Morgan fingerprint density at radius 2 is 0.976 bits per heavy atom. The lowest BCUT2D eigenvalue weighted by atomic mass is 9.84. The molecule has 0 aromatic carbocycles. The Kier molecular flexibility index (Phi) is 11.5. The lowest BCUT2D eigenvalue weighted by molar-refractivity contribution is -0.306. The molecule has 42 heavy (non-hydrogen) atoms. The average Bonchev–Trinajstić information content (AvgIpc) is 3.27. The molecule has 0 aromatic rings. The highest BCUT2D eigenvalue weighted by molar-refractivity contribution is 5.02. The van der Waals surface area contributed by atoms with Gasteiger partial charge in [0.05, 0.1) is 24.8 Å². The van der Waals surface area contributed by atoms with Crippen LogP contribution in [-0.4, -0.2) is 172 Å². The van der Waals surface area contributed by atoms with E-state index in [1.165, 1.54) is 0 Å². The summed E-state index contributed by atoms with van der Waals surface area (Å²) in [7, 11) is 0. The van der Waals surface area contributed by atoms with E-state index < -0.39 is 123 Å². The fourth-order valence-corrected chi connectivity index (χ4v) is 5.74. The molecule has 4 fully saturated rings. The molecular weight excluding hydrogens is 568 g/mol. The minimum Gasteiger partial charge on any atom is -0.394 e. The van der Waals surface area contributed by atoms with Gasteiger partial charge in [-0.1, -0.05) is 0 Å². The van der Waals surface area contributed by atoms with Crippen LogP contribution in [0.4, 0.5) is 0 Å². The largest absolute Gasteiger partial charge is 0.394 e. The molecule has 246 valence electrons. The third-order valence-electron chi connectivity index (χ3n) is 8.37. The molecule has 0 spiro atoms. The van der Waals surface area contributed by atoms with E-state index in [0.717, 1.165) is 0 Å². The number of hydrogen-bond donors (Lipinski definition) is 13. The average molecular weight is 615 g/mol. The highest BCUT2D eigenvalue weighted by atomic mass is 16.8. The van der Waals surface area contributed by atoms with Gasteiger partial charge in [-0.2, -0.15) is 0 Å². The highest BCUT2D eigenvalue weighted by Gasteiger charge is 2.54. The molecule has 4 rings (SSSR count). The van der Waals surface area contributed by atoms with E-state index in [2.05, 4.69) is 0 Å². The van der Waals surface area contributed by atoms with Crippen molar-refractivity contribution in [2.75, 3.05) is 19.7 Å². The predicted octanol–water partition coefficient (Wildman–Crippen LogP) is -8.90. The van der Waals surface area contributed by atoms with Gasteiger partial charge in [-0.25, -0.2) is 0 Å². The van der Waals surface area contributed by atoms with Crippen molar-refractivity contribution in [2.45, 2.75) is 123 Å². The van der Waals surface area contributed by atoms with Crippen LogP contribution < -0.4 is 34.4 Å². The zero-order chi connectivity index (χ0) is 31.0. The molecule has 0 radical (unpaired) electrons. The molecule has 1 saturated carbocycles. The van der Waals surface area contributed by atoms with Crippen LogP contribution in [-0.2, 0) is 28.4 Å². The Labute approximate surface area is 241 Å². The van der Waals surface area contributed by atoms with Crippen LogP contribution in [0.5, 0.6) is 0 Å². The van der Waals surface area contributed by atoms with E-state index >= 15 is 0 Å². The number of aliphatic hydroxyl groups excluding tert-OH is 7. The molecule has 7 unspecified atom stereocenters. The Hall–Kier alpha value is -0.760. The summed E-state index contributed by atoms with van der Waals surface area (Å²) in [5, 5.41) is 73.0. The first-order valence-electron chi connectivity index (χ1n) is 13.9. The first-order valence-corrected chi connectivity index (χ1v) is 13.9. The molecule has 1 aliphatic carbocycles. The topological polar surface area (TPSA) is 353 Å². The van der Waals surface area contributed by atoms with Crippen molar-refractivity contribution in [1.82, 2.24) is 0 Å². The van der Waals surface area contributed by atoms with Crippen molar-refractivity contribution in [1.29, 1.82) is 0 Å². The lowest BCUT2D eigenvalue weighted by Gasteiger charge is -2.47. The Morgan fingerprint density at radius 1 is 0.524 bits per heavy atom. The second-order valence-electron chi connectivity index (χ2n) is 11.2. The van der Waals surface area contributed by atoms with Gasteiger partial charge in [0.25, 0.3) is 0 Å². The number of rotatable bonds is 9. The standard InChI is InChI=1S/C23H46N6O13/c24-2-7-13(32)15(34)10(28)21(37-7)40-18-6(27)1-5(26)12(31)20(18)42-23-17(36)19(9(4-30)39-23)41-22-11(29)16(35)14(33)8(3-25)38-22/h5-23,30-36H,1-4,24-29H2/t5-,6?,7?,8-,9-,10?,11?,12?,13+,14-,15-,16?,17?,18+,19+,20-,21+,22-,23+/m1/s1. The molecule has 4 aliphatic rings. The van der Waals surface area contributed by atoms with Crippen molar-refractivity contribution in [3.8, 4) is 0 Å². The van der Waals surface area contributed by atoms with Gasteiger partial charge in [-0.15, -0.1) is 0 Å². The predicted molar refractivity (Wildman–Crippen MR) is 138 cm³/mol. The molecule has 3 saturated heterocycles. The van der Waals surface area contributed by atoms with E-state index in [0.29, 0.717) is 0 Å². The van der Waals surface area contributed by atoms with Crippen LogP contribution in [0.15, 0.2) is 0 Å². The lowest BCUT2D eigenvalue weighted by Crippen LogP contribution is -2.68. The summed E-state index contributed by atoms with van der Waals surface area (Å²) in [6.45, 7) is -0.967. The SMILES string of the molecule is NCC1O[C@@H](O[C@H]2C(N)C[C@@H](N)C(O)[C@H]2O[C@@H]2O[C@H](CO)[C@H](O[C@H]3O[C@H](CN)[C@@H](O)C(O)C3N)C2O)C(N)[C@@H](O)[C@H]1O. The molecule has 3 aliphatic heterocycles. The van der Waals surface area contributed by atoms with Crippen LogP contribution >= 0.6 is 0 Å². The molecule has 19 N–H and O–H groups in total. The maximum Gasteiger partial charge on any atom is 0.187 e. The molecule has 19 heteroatoms. The molecule has 3 heterocycles. The van der Waals surface area contributed by atoms with Gasteiger partial charge in [0.1, 0.15) is 67.1 Å². The van der Waals surface area contributed by atoms with Crippen molar-refractivity contribution < 1.29 is 64.2 Å². The van der Waals surface area contributed by atoms with Crippen molar-refractivity contribution in [3.05, 3.63) is 0 Å². The summed E-state index contributed by atoms with van der Waals surface area (Å²) in [6, 6.07) is -4.18. The fourth-order valence-electron chi connectivity index (χ4n) is 5.74. The van der Waals surface area contributed by atoms with E-state index in [9.17, 15) is 35.7 Å². The first kappa shape index (κ1) is 34.1. The molecule has 19 nitrogen and oxygen atoms in total. The molecule has 0 amide bonds. The van der Waals surface area contributed by atoms with Crippen LogP contribution in [0.1, 0.15) is 6.42 Å². The maximum atomic E-state index is 11.1. The fraction of sp³-hybridized carbons (Fsp3) is 1.00. The van der Waals surface area contributed by atoms with Crippen molar-refractivity contribution in [3.63, 3.8) is 0 Å². The number of ether oxygens (including phenoxy) is 6. The van der Waals surface area contributed by atoms with E-state index in [1.54, 1.807) is 0 Å². The summed E-state index contributed by atoms with van der Waals surface area (Å²) in [5.74, 6) is 0. The molecule has 0 bridgehead atoms. The van der Waals surface area contributed by atoms with Crippen molar-refractivity contribution in [2.24, 2.45) is 34.4 Å². The quantitative estimate of drug-likeness (QED) is 0.115. The minimum atomic E-state index is -1.60. The van der Waals surface area contributed by atoms with Gasteiger partial charge in [-0.3, -0.25) is 0 Å². The minimum absolute atomic E-state index is 0.0889. The summed E-state index contributed by atoms with van der Waals surface area (Å²) in [5.41, 5.74) is 35.6. The van der Waals surface area contributed by atoms with Crippen LogP contribution in [0.2, 0.25) is 0 Å². The van der Waals surface area contributed by atoms with Gasteiger partial charge in [0.15, 0.2) is 18.9 Å². The summed E-state index contributed by atoms with van der Waals surface area (Å²) < 4.78 is 34.6. The van der Waals surface area contributed by atoms with Crippen LogP contribution in [0, 0.1) is 0 Å². The Morgan fingerprint density at radius 3 is 1.45 bits per heavy atom. The van der Waals surface area contributed by atoms with Gasteiger partial charge in [0, 0.05) is 25.2 Å². The van der Waals surface area contributed by atoms with E-state index in [-0.39, 0.29) is 19.5 Å². The van der Waals surface area contributed by atoms with Gasteiger partial charge in [-0.05, 0) is 6.42 Å². The number of hydrogen-bond acceptors (Lipinski definition) is 19. The monoisotopic (exact) mass is 614 g/mol. The summed E-state index contributed by atoms with van der Waals surface area (Å²) >= 11 is 0. The normalized spacial score (nSPS) is 53.8. The zero-order valence-electron chi connectivity index (χ0n) is 22.8. The first-order chi connectivity index (χ1) is 19.8. The van der Waals surface area contributed by atoms with E-state index in [4.69, 9.17) is 62.8 Å². The third-order valence-corrected chi connectivity index (χ3v) is 8.37. The van der Waals surface area contributed by atoms with E-state index in [1.807, 2.05) is 0 Å². The number of aliphatic hydroxyl groups is 7. The van der Waals surface area contributed by atoms with Crippen molar-refractivity contribution >= 4 is 0 Å². The number of nitrogens with two attached hydrogens (primary N) is 6. The van der Waals surface area contributed by atoms with Crippen LogP contribution in [0.25, 0.3) is 0 Å². The third kappa shape index (κ3) is 6.60. The van der Waals surface area contributed by atoms with Crippen LogP contribution in [0.3, 0.4) is 0 Å². The maximum absolute atomic E-state index is 11.1. The molecule has 19 atom stereocenters. The smallest absolute Gasteiger partial charge is 0.187 e. The second-order valence-corrected chi connectivity index (χ2v) is 11.2. The summed E-state index contributed by atoms with van der Waals surface area (Å²) in [6.07, 6.45) is -19.8. The van der Waals surface area contributed by atoms with Gasteiger partial charge in [0.2, 0.25) is 0 Å². The molecular formula is C23H46N6O13. The Balaban J connectivity index is 1.50.